The van der Waals surface area contributed by atoms with Gasteiger partial charge in [-0.15, -0.1) is 11.3 Å². The minimum absolute atomic E-state index is 0.155. The van der Waals surface area contributed by atoms with Gasteiger partial charge in [-0.3, -0.25) is 4.79 Å². The van der Waals surface area contributed by atoms with E-state index in [0.29, 0.717) is 5.56 Å². The molecule has 0 aliphatic carbocycles. The van der Waals surface area contributed by atoms with Crippen molar-refractivity contribution in [1.29, 1.82) is 0 Å². The number of rotatable bonds is 6. The zero-order chi connectivity index (χ0) is 20.9. The van der Waals surface area contributed by atoms with E-state index in [0.717, 1.165) is 16.9 Å². The van der Waals surface area contributed by atoms with Gasteiger partial charge in [-0.2, -0.15) is 0 Å². The Labute approximate surface area is 168 Å². The highest BCUT2D eigenvalue weighted by atomic mass is 32.1. The molecule has 0 fully saturated rings. The van der Waals surface area contributed by atoms with Crippen molar-refractivity contribution >= 4 is 34.2 Å². The molecule has 0 unspecified atom stereocenters. The van der Waals surface area contributed by atoms with Crippen molar-refractivity contribution in [2.75, 3.05) is 11.9 Å². The first-order valence-electron chi connectivity index (χ1n) is 9.00. The molecular weight excluding hydrogens is 378 g/mol. The maximum Gasteiger partial charge on any atom is 0.349 e. The number of amides is 1. The molecule has 0 saturated carbocycles. The molecule has 2 aromatic rings. The zero-order valence-electron chi connectivity index (χ0n) is 16.8. The largest absolute Gasteiger partial charge is 0.462 e. The van der Waals surface area contributed by atoms with Crippen LogP contribution in [0.15, 0.2) is 30.3 Å². The van der Waals surface area contributed by atoms with Crippen LogP contribution in [0.1, 0.15) is 58.9 Å². The number of anilines is 1. The van der Waals surface area contributed by atoms with E-state index in [9.17, 15) is 14.4 Å². The van der Waals surface area contributed by atoms with E-state index >= 15 is 0 Å². The van der Waals surface area contributed by atoms with Gasteiger partial charge >= 0.3 is 11.9 Å². The summed E-state index contributed by atoms with van der Waals surface area (Å²) in [4.78, 5) is 37.7. The second kappa shape index (κ2) is 9.01. The normalized spacial score (nSPS) is 11.0. The Hall–Kier alpha value is -2.67. The van der Waals surface area contributed by atoms with Gasteiger partial charge in [-0.25, -0.2) is 9.59 Å². The van der Waals surface area contributed by atoms with Crippen molar-refractivity contribution in [2.24, 2.45) is 0 Å². The monoisotopic (exact) mass is 403 g/mol. The summed E-state index contributed by atoms with van der Waals surface area (Å²) in [5.74, 6) is -1.40. The van der Waals surface area contributed by atoms with E-state index in [1.807, 2.05) is 30.3 Å². The summed E-state index contributed by atoms with van der Waals surface area (Å²) in [6.07, 6.45) is 0.155. The third kappa shape index (κ3) is 5.66. The third-order valence-corrected chi connectivity index (χ3v) is 4.86. The molecule has 7 heteroatoms. The van der Waals surface area contributed by atoms with Crippen molar-refractivity contribution in [2.45, 2.75) is 46.6 Å². The smallest absolute Gasteiger partial charge is 0.349 e. The van der Waals surface area contributed by atoms with E-state index in [-0.39, 0.29) is 34.4 Å². The van der Waals surface area contributed by atoms with E-state index < -0.39 is 17.5 Å². The molecule has 150 valence electrons. The molecule has 0 bridgehead atoms. The summed E-state index contributed by atoms with van der Waals surface area (Å²) in [6.45, 7) is 8.83. The van der Waals surface area contributed by atoms with Crippen LogP contribution in [0, 0.1) is 6.92 Å². The number of esters is 2. The summed E-state index contributed by atoms with van der Waals surface area (Å²) in [5, 5.41) is 3.04. The van der Waals surface area contributed by atoms with Crippen LogP contribution < -0.4 is 5.32 Å². The van der Waals surface area contributed by atoms with Crippen molar-refractivity contribution in [3.05, 3.63) is 51.9 Å². The maximum absolute atomic E-state index is 12.5. The standard InChI is InChI=1S/C21H25NO5S/c1-6-26-19(24)16-13(2)17(20(25)27-21(3,4)5)28-18(16)22-15(23)12-14-10-8-7-9-11-14/h7-11H,6,12H2,1-5H3,(H,22,23). The van der Waals surface area contributed by atoms with Crippen molar-refractivity contribution in [1.82, 2.24) is 0 Å². The summed E-state index contributed by atoms with van der Waals surface area (Å²) >= 11 is 1.02. The summed E-state index contributed by atoms with van der Waals surface area (Å²) < 4.78 is 10.5. The van der Waals surface area contributed by atoms with E-state index in [2.05, 4.69) is 5.32 Å². The Bertz CT molecular complexity index is 865. The predicted molar refractivity (Wildman–Crippen MR) is 109 cm³/mol. The topological polar surface area (TPSA) is 81.7 Å². The van der Waals surface area contributed by atoms with Crippen LogP contribution in [0.2, 0.25) is 0 Å². The first-order valence-corrected chi connectivity index (χ1v) is 9.81. The maximum atomic E-state index is 12.5. The highest BCUT2D eigenvalue weighted by Crippen LogP contribution is 2.35. The SMILES string of the molecule is CCOC(=O)c1c(NC(=O)Cc2ccccc2)sc(C(=O)OC(C)(C)C)c1C. The molecule has 0 aliphatic rings. The molecule has 1 aromatic heterocycles. The Kier molecular flexibility index (Phi) is 6.96. The van der Waals surface area contributed by atoms with E-state index in [1.54, 1.807) is 34.6 Å². The van der Waals surface area contributed by atoms with E-state index in [4.69, 9.17) is 9.47 Å². The van der Waals surface area contributed by atoms with Crippen LogP contribution in [0.5, 0.6) is 0 Å². The van der Waals surface area contributed by atoms with Gasteiger partial charge in [0.25, 0.3) is 0 Å². The van der Waals surface area contributed by atoms with Crippen LogP contribution in [-0.4, -0.2) is 30.1 Å². The molecule has 0 saturated heterocycles. The summed E-state index contributed by atoms with van der Waals surface area (Å²) in [7, 11) is 0. The molecular formula is C21H25NO5S. The second-order valence-electron chi connectivity index (χ2n) is 7.19. The molecule has 28 heavy (non-hydrogen) atoms. The Morgan fingerprint density at radius 2 is 1.71 bits per heavy atom. The van der Waals surface area contributed by atoms with E-state index in [1.165, 1.54) is 0 Å². The van der Waals surface area contributed by atoms with Gasteiger partial charge in [0.1, 0.15) is 15.5 Å². The van der Waals surface area contributed by atoms with Gasteiger partial charge in [-0.1, -0.05) is 30.3 Å². The molecule has 0 atom stereocenters. The predicted octanol–water partition coefficient (Wildman–Crippen LogP) is 4.37. The highest BCUT2D eigenvalue weighted by Gasteiger charge is 2.29. The van der Waals surface area contributed by atoms with Crippen LogP contribution in [0.4, 0.5) is 5.00 Å². The lowest BCUT2D eigenvalue weighted by Gasteiger charge is -2.19. The Balaban J connectivity index is 2.32. The number of hydrogen-bond acceptors (Lipinski definition) is 6. The van der Waals surface area contributed by atoms with Gasteiger partial charge in [-0.05, 0) is 45.7 Å². The van der Waals surface area contributed by atoms with Crippen molar-refractivity contribution < 1.29 is 23.9 Å². The lowest BCUT2D eigenvalue weighted by molar-refractivity contribution is -0.115. The van der Waals surface area contributed by atoms with Crippen molar-refractivity contribution in [3.63, 3.8) is 0 Å². The number of benzene rings is 1. The number of thiophene rings is 1. The number of nitrogens with one attached hydrogen (secondary N) is 1. The second-order valence-corrected chi connectivity index (χ2v) is 8.21. The molecule has 6 nitrogen and oxygen atoms in total. The molecule has 1 amide bonds. The first-order chi connectivity index (χ1) is 13.1. The van der Waals surface area contributed by atoms with Crippen molar-refractivity contribution in [3.8, 4) is 0 Å². The first kappa shape index (κ1) is 21.6. The molecule has 0 spiro atoms. The molecule has 1 aromatic carbocycles. The Morgan fingerprint density at radius 3 is 2.29 bits per heavy atom. The number of ether oxygens (including phenoxy) is 2. The molecule has 1 N–H and O–H groups in total. The minimum Gasteiger partial charge on any atom is -0.462 e. The fourth-order valence-electron chi connectivity index (χ4n) is 2.52. The lowest BCUT2D eigenvalue weighted by Crippen LogP contribution is -2.23. The average molecular weight is 404 g/mol. The molecule has 2 rings (SSSR count). The highest BCUT2D eigenvalue weighted by molar-refractivity contribution is 7.18. The Morgan fingerprint density at radius 1 is 1.07 bits per heavy atom. The zero-order valence-corrected chi connectivity index (χ0v) is 17.6. The van der Waals surface area contributed by atoms with Gasteiger partial charge < -0.3 is 14.8 Å². The molecule has 0 radical (unpaired) electrons. The van der Waals surface area contributed by atoms with Gasteiger partial charge in [0.05, 0.1) is 18.6 Å². The van der Waals surface area contributed by atoms with Crippen LogP contribution in [-0.2, 0) is 20.7 Å². The fourth-order valence-corrected chi connectivity index (χ4v) is 3.61. The number of hydrogen-bond donors (Lipinski definition) is 1. The number of carbonyl (C=O) groups is 3. The molecule has 1 heterocycles. The summed E-state index contributed by atoms with van der Waals surface area (Å²) in [6, 6.07) is 9.26. The average Bonchev–Trinajstić information content (AvgIpc) is 2.90. The minimum atomic E-state index is -0.672. The van der Waals surface area contributed by atoms with Gasteiger partial charge in [0.15, 0.2) is 0 Å². The summed E-state index contributed by atoms with van der Waals surface area (Å²) in [5.41, 5.74) is 0.800. The fraction of sp³-hybridized carbons (Fsp3) is 0.381. The van der Waals surface area contributed by atoms with Crippen LogP contribution >= 0.6 is 11.3 Å². The van der Waals surface area contributed by atoms with Gasteiger partial charge in [0.2, 0.25) is 5.91 Å². The van der Waals surface area contributed by atoms with Crippen LogP contribution in [0.25, 0.3) is 0 Å². The van der Waals surface area contributed by atoms with Crippen LogP contribution in [0.3, 0.4) is 0 Å². The number of carbonyl (C=O) groups excluding carboxylic acids is 3. The van der Waals surface area contributed by atoms with Gasteiger partial charge in [0, 0.05) is 0 Å². The third-order valence-electron chi connectivity index (χ3n) is 3.67. The lowest BCUT2D eigenvalue weighted by atomic mass is 10.1. The quantitative estimate of drug-likeness (QED) is 0.724. The molecule has 0 aliphatic heterocycles.